The van der Waals surface area contributed by atoms with Crippen LogP contribution in [0.1, 0.15) is 63.0 Å². The van der Waals surface area contributed by atoms with Crippen LogP contribution in [0.2, 0.25) is 0 Å². The van der Waals surface area contributed by atoms with E-state index in [0.29, 0.717) is 12.1 Å². The molecule has 1 saturated carbocycles. The maximum absolute atomic E-state index is 6.06. The summed E-state index contributed by atoms with van der Waals surface area (Å²) in [4.78, 5) is 2.74. The summed E-state index contributed by atoms with van der Waals surface area (Å²) in [5.41, 5.74) is 8.83. The molecule has 2 aliphatic carbocycles. The lowest BCUT2D eigenvalue weighted by atomic mass is 9.84. The van der Waals surface area contributed by atoms with Crippen LogP contribution in [0.15, 0.2) is 34.9 Å². The summed E-state index contributed by atoms with van der Waals surface area (Å²) in [6, 6.07) is 9.62. The average Bonchev–Trinajstić information content (AvgIpc) is 3.10. The van der Waals surface area contributed by atoms with Gasteiger partial charge in [0.25, 0.3) is 0 Å². The first kappa shape index (κ1) is 21.6. The molecule has 0 aromatic rings. The molecule has 1 saturated heterocycles. The Hall–Kier alpha value is -0.740. The van der Waals surface area contributed by atoms with E-state index in [9.17, 15) is 0 Å². The van der Waals surface area contributed by atoms with Gasteiger partial charge in [-0.05, 0) is 81.6 Å². The van der Waals surface area contributed by atoms with Gasteiger partial charge in [-0.1, -0.05) is 18.6 Å². The van der Waals surface area contributed by atoms with Crippen molar-refractivity contribution in [2.75, 3.05) is 13.1 Å². The van der Waals surface area contributed by atoms with Crippen molar-refractivity contribution >= 4 is 24.8 Å². The van der Waals surface area contributed by atoms with Crippen molar-refractivity contribution in [2.24, 2.45) is 11.7 Å². The monoisotopic (exact) mass is 398 g/mol. The summed E-state index contributed by atoms with van der Waals surface area (Å²) >= 11 is 0. The average molecular weight is 399 g/mol. The molecular weight excluding hydrogens is 367 g/mol. The summed E-state index contributed by atoms with van der Waals surface area (Å²) in [7, 11) is 0. The topological polar surface area (TPSA) is 42.4 Å². The summed E-state index contributed by atoms with van der Waals surface area (Å²) in [5, 5.41) is 0. The molecule has 146 valence electrons. The zero-order valence-electron chi connectivity index (χ0n) is 15.4. The number of likely N-dealkylation sites (tertiary alicyclic amines) is 1. The van der Waals surface area contributed by atoms with Crippen LogP contribution in [0.3, 0.4) is 0 Å². The van der Waals surface area contributed by atoms with Crippen LogP contribution >= 0.6 is 24.8 Å². The van der Waals surface area contributed by atoms with Crippen molar-refractivity contribution < 1.29 is 4.42 Å². The fourth-order valence-corrected chi connectivity index (χ4v) is 4.74. The van der Waals surface area contributed by atoms with Crippen molar-refractivity contribution in [3.63, 3.8) is 0 Å². The van der Waals surface area contributed by atoms with E-state index in [0.717, 1.165) is 11.7 Å². The fraction of sp³-hybridized carbons (Fsp3) is 0.619. The molecule has 2 heterocycles. The van der Waals surface area contributed by atoms with Gasteiger partial charge in [0.1, 0.15) is 5.76 Å². The second-order valence-electron chi connectivity index (χ2n) is 7.80. The molecule has 0 radical (unpaired) electrons. The van der Waals surface area contributed by atoms with E-state index in [4.69, 9.17) is 10.2 Å². The third kappa shape index (κ3) is 4.75. The molecule has 26 heavy (non-hydrogen) atoms. The number of halogens is 2. The molecule has 0 amide bonds. The Balaban J connectivity index is 0.00000121. The van der Waals surface area contributed by atoms with Crippen LogP contribution in [0.4, 0.5) is 0 Å². The summed E-state index contributed by atoms with van der Waals surface area (Å²) in [6.45, 7) is 2.48. The van der Waals surface area contributed by atoms with E-state index >= 15 is 0 Å². The van der Waals surface area contributed by atoms with Gasteiger partial charge in [0.15, 0.2) is 0 Å². The van der Waals surface area contributed by atoms with E-state index < -0.39 is 0 Å². The van der Waals surface area contributed by atoms with Gasteiger partial charge in [-0.2, -0.15) is 0 Å². The van der Waals surface area contributed by atoms with Crippen LogP contribution in [0.5, 0.6) is 0 Å². The molecule has 1 atom stereocenters. The number of hydrogen-bond acceptors (Lipinski definition) is 3. The third-order valence-electron chi connectivity index (χ3n) is 6.22. The summed E-state index contributed by atoms with van der Waals surface area (Å²) in [5.74, 6) is 1.91. The first-order valence-corrected chi connectivity index (χ1v) is 9.77. The number of nitrogens with zero attached hydrogens (tertiary/aromatic N) is 1. The first-order valence-electron chi connectivity index (χ1n) is 9.77. The van der Waals surface area contributed by atoms with E-state index in [2.05, 4.69) is 29.2 Å². The van der Waals surface area contributed by atoms with Crippen molar-refractivity contribution in [2.45, 2.75) is 63.5 Å². The smallest absolute Gasteiger partial charge is 0.134 e. The maximum atomic E-state index is 6.06. The quantitative estimate of drug-likeness (QED) is 0.721. The molecule has 0 spiro atoms. The van der Waals surface area contributed by atoms with Gasteiger partial charge >= 0.3 is 0 Å². The van der Waals surface area contributed by atoms with E-state index in [1.165, 1.54) is 75.6 Å². The highest BCUT2D eigenvalue weighted by Crippen LogP contribution is 2.39. The number of piperidine rings is 1. The summed E-state index contributed by atoms with van der Waals surface area (Å²) < 4.78 is 5.65. The first-order chi connectivity index (χ1) is 11.8. The number of nitrogens with two attached hydrogens (primary N) is 1. The Morgan fingerprint density at radius 3 is 2.62 bits per heavy atom. The van der Waals surface area contributed by atoms with Crippen molar-refractivity contribution in [1.29, 1.82) is 0 Å². The molecule has 4 rings (SSSR count). The fourth-order valence-electron chi connectivity index (χ4n) is 4.74. The SMILES string of the molecule is Cl.Cl.NC1CCC(CCN2CCCCC2c2ccoc3cccc2-3)CC1. The standard InChI is InChI=1S/C21H30N2O.2ClH/c22-17-9-7-16(8-10-17)11-14-23-13-2-1-5-20(23)18-12-15-24-21-6-3-4-19(18)21;;/h3-4,6,12,15-17,20H,1-2,5,7-11,13-14,22H2;2*1H. The molecular formula is C21H32Cl2N2O. The van der Waals surface area contributed by atoms with Crippen LogP contribution in [0.25, 0.3) is 11.3 Å². The zero-order valence-corrected chi connectivity index (χ0v) is 17.1. The van der Waals surface area contributed by atoms with E-state index in [1.807, 2.05) is 6.26 Å². The molecule has 0 bridgehead atoms. The van der Waals surface area contributed by atoms with Crippen LogP contribution in [0, 0.1) is 5.92 Å². The molecule has 4 aliphatic rings. The molecule has 0 aromatic heterocycles. The highest BCUT2D eigenvalue weighted by atomic mass is 35.5. The molecule has 2 aliphatic heterocycles. The lowest BCUT2D eigenvalue weighted by Crippen LogP contribution is -2.36. The van der Waals surface area contributed by atoms with Crippen molar-refractivity contribution in [1.82, 2.24) is 4.90 Å². The second-order valence-corrected chi connectivity index (χ2v) is 7.80. The molecule has 3 nitrogen and oxygen atoms in total. The second kappa shape index (κ2) is 9.98. The highest BCUT2D eigenvalue weighted by Gasteiger charge is 2.28. The molecule has 2 fully saturated rings. The third-order valence-corrected chi connectivity index (χ3v) is 6.22. The molecule has 0 aromatic carbocycles. The minimum Gasteiger partial charge on any atom is -0.464 e. The van der Waals surface area contributed by atoms with Gasteiger partial charge in [0, 0.05) is 17.6 Å². The Labute approximate surface area is 169 Å². The molecule has 1 unspecified atom stereocenters. The zero-order chi connectivity index (χ0) is 16.4. The summed E-state index contributed by atoms with van der Waals surface area (Å²) in [6.07, 6.45) is 12.3. The maximum Gasteiger partial charge on any atom is 0.134 e. The van der Waals surface area contributed by atoms with Crippen LogP contribution < -0.4 is 5.73 Å². The highest BCUT2D eigenvalue weighted by molar-refractivity contribution is 5.85. The largest absolute Gasteiger partial charge is 0.464 e. The Morgan fingerprint density at radius 1 is 1.00 bits per heavy atom. The van der Waals surface area contributed by atoms with Gasteiger partial charge in [-0.25, -0.2) is 0 Å². The number of hydrogen-bond donors (Lipinski definition) is 1. The van der Waals surface area contributed by atoms with E-state index in [1.54, 1.807) is 0 Å². The predicted molar refractivity (Wildman–Crippen MR) is 113 cm³/mol. The molecule has 5 heteroatoms. The van der Waals surface area contributed by atoms with Gasteiger partial charge < -0.3 is 10.2 Å². The number of fused-ring (bicyclic) bond motifs is 1. The minimum absolute atomic E-state index is 0. The lowest BCUT2D eigenvalue weighted by molar-refractivity contribution is 0.133. The van der Waals surface area contributed by atoms with Crippen LogP contribution in [-0.2, 0) is 0 Å². The number of rotatable bonds is 4. The Kier molecular flexibility index (Phi) is 8.28. The molecule has 2 N–H and O–H groups in total. The van der Waals surface area contributed by atoms with Crippen LogP contribution in [-0.4, -0.2) is 24.0 Å². The Bertz CT molecular complexity index is 624. The predicted octanol–water partition coefficient (Wildman–Crippen LogP) is 5.66. The lowest BCUT2D eigenvalue weighted by Gasteiger charge is -2.38. The minimum atomic E-state index is 0. The van der Waals surface area contributed by atoms with Gasteiger partial charge in [0.05, 0.1) is 6.26 Å². The van der Waals surface area contributed by atoms with Gasteiger partial charge in [-0.3, -0.25) is 4.90 Å². The van der Waals surface area contributed by atoms with Crippen molar-refractivity contribution in [3.8, 4) is 11.3 Å². The van der Waals surface area contributed by atoms with Crippen molar-refractivity contribution in [3.05, 3.63) is 36.1 Å². The Morgan fingerprint density at radius 2 is 1.81 bits per heavy atom. The van der Waals surface area contributed by atoms with Gasteiger partial charge in [0.2, 0.25) is 0 Å². The normalized spacial score (nSPS) is 26.9. The van der Waals surface area contributed by atoms with E-state index in [-0.39, 0.29) is 24.8 Å². The van der Waals surface area contributed by atoms with Gasteiger partial charge in [-0.15, -0.1) is 24.8 Å².